The molecule has 5 nitrogen and oxygen atoms in total. The Bertz CT molecular complexity index is 532. The molecular formula is C15H21N3O2. The highest BCUT2D eigenvalue weighted by Gasteiger charge is 2.29. The maximum Gasteiger partial charge on any atom is 0.257 e. The SMILES string of the molecule is CN1CCCC(N(C)c2ccc3c(c2)NC(=O)C3O)C1. The van der Waals surface area contributed by atoms with Crippen LogP contribution in [0.4, 0.5) is 11.4 Å². The van der Waals surface area contributed by atoms with E-state index >= 15 is 0 Å². The number of hydrogen-bond donors (Lipinski definition) is 2. The number of likely N-dealkylation sites (tertiary alicyclic amines) is 1. The van der Waals surface area contributed by atoms with Crippen molar-refractivity contribution in [1.29, 1.82) is 0 Å². The minimum Gasteiger partial charge on any atom is -0.378 e. The molecule has 0 spiro atoms. The molecule has 3 rings (SSSR count). The standard InChI is InChI=1S/C15H21N3O2/c1-17-7-3-4-11(9-17)18(2)10-5-6-12-13(8-10)16-15(20)14(12)19/h5-6,8,11,14,19H,3-4,7,9H2,1-2H3,(H,16,20). The summed E-state index contributed by atoms with van der Waals surface area (Å²) in [6, 6.07) is 6.28. The number of fused-ring (bicyclic) bond motifs is 1. The molecule has 0 aromatic heterocycles. The lowest BCUT2D eigenvalue weighted by Crippen LogP contribution is -2.45. The smallest absolute Gasteiger partial charge is 0.257 e. The summed E-state index contributed by atoms with van der Waals surface area (Å²) in [5.74, 6) is -0.336. The highest BCUT2D eigenvalue weighted by atomic mass is 16.3. The number of piperidine rings is 1. The molecular weight excluding hydrogens is 254 g/mol. The molecule has 2 aliphatic rings. The maximum absolute atomic E-state index is 11.5. The molecule has 108 valence electrons. The maximum atomic E-state index is 11.5. The Kier molecular flexibility index (Phi) is 3.40. The van der Waals surface area contributed by atoms with Crippen molar-refractivity contribution in [2.45, 2.75) is 25.0 Å². The number of rotatable bonds is 2. The Labute approximate surface area is 119 Å². The van der Waals surface area contributed by atoms with E-state index in [0.29, 0.717) is 11.6 Å². The predicted molar refractivity (Wildman–Crippen MR) is 79.0 cm³/mol. The molecule has 5 heteroatoms. The van der Waals surface area contributed by atoms with Gasteiger partial charge in [0.05, 0.1) is 0 Å². The number of amides is 1. The zero-order valence-electron chi connectivity index (χ0n) is 12.0. The van der Waals surface area contributed by atoms with Gasteiger partial charge in [-0.3, -0.25) is 4.79 Å². The first-order chi connectivity index (χ1) is 9.56. The molecule has 2 heterocycles. The highest BCUT2D eigenvalue weighted by Crippen LogP contribution is 2.34. The molecule has 1 amide bonds. The van der Waals surface area contributed by atoms with E-state index in [1.54, 1.807) is 0 Å². The zero-order valence-corrected chi connectivity index (χ0v) is 12.0. The molecule has 2 N–H and O–H groups in total. The average molecular weight is 275 g/mol. The van der Waals surface area contributed by atoms with Crippen molar-refractivity contribution in [3.8, 4) is 0 Å². The molecule has 2 aliphatic heterocycles. The van der Waals surface area contributed by atoms with Crippen molar-refractivity contribution in [3.63, 3.8) is 0 Å². The summed E-state index contributed by atoms with van der Waals surface area (Å²) in [5.41, 5.74) is 2.49. The average Bonchev–Trinajstić information content (AvgIpc) is 2.73. The second kappa shape index (κ2) is 5.07. The monoisotopic (exact) mass is 275 g/mol. The Hall–Kier alpha value is -1.59. The minimum absolute atomic E-state index is 0.336. The molecule has 1 aromatic carbocycles. The first-order valence-electron chi connectivity index (χ1n) is 7.10. The lowest BCUT2D eigenvalue weighted by molar-refractivity contribution is -0.123. The van der Waals surface area contributed by atoms with Crippen molar-refractivity contribution in [3.05, 3.63) is 23.8 Å². The van der Waals surface area contributed by atoms with Gasteiger partial charge >= 0.3 is 0 Å². The second-order valence-corrected chi connectivity index (χ2v) is 5.83. The van der Waals surface area contributed by atoms with Crippen LogP contribution in [0, 0.1) is 0 Å². The lowest BCUT2D eigenvalue weighted by atomic mass is 10.0. The third-order valence-electron chi connectivity index (χ3n) is 4.39. The van der Waals surface area contributed by atoms with Crippen LogP contribution in [-0.2, 0) is 4.79 Å². The van der Waals surface area contributed by atoms with E-state index in [2.05, 4.69) is 29.2 Å². The van der Waals surface area contributed by atoms with E-state index < -0.39 is 6.10 Å². The number of carbonyl (C=O) groups is 1. The summed E-state index contributed by atoms with van der Waals surface area (Å²) in [4.78, 5) is 16.1. The van der Waals surface area contributed by atoms with Crippen molar-refractivity contribution in [1.82, 2.24) is 4.90 Å². The van der Waals surface area contributed by atoms with Gasteiger partial charge in [-0.25, -0.2) is 0 Å². The van der Waals surface area contributed by atoms with Crippen LogP contribution in [0.15, 0.2) is 18.2 Å². The number of benzene rings is 1. The van der Waals surface area contributed by atoms with Crippen molar-refractivity contribution < 1.29 is 9.90 Å². The third kappa shape index (κ3) is 2.27. The van der Waals surface area contributed by atoms with E-state index in [1.165, 1.54) is 12.8 Å². The van der Waals surface area contributed by atoms with E-state index in [-0.39, 0.29) is 5.91 Å². The summed E-state index contributed by atoms with van der Waals surface area (Å²) in [7, 11) is 4.25. The molecule has 1 saturated heterocycles. The second-order valence-electron chi connectivity index (χ2n) is 5.83. The van der Waals surface area contributed by atoms with Crippen LogP contribution in [0.1, 0.15) is 24.5 Å². The van der Waals surface area contributed by atoms with Gasteiger partial charge in [-0.1, -0.05) is 6.07 Å². The van der Waals surface area contributed by atoms with E-state index in [4.69, 9.17) is 0 Å². The van der Waals surface area contributed by atoms with E-state index in [9.17, 15) is 9.90 Å². The van der Waals surface area contributed by atoms with Gasteiger partial charge in [0, 0.05) is 36.6 Å². The summed E-state index contributed by atoms with van der Waals surface area (Å²) in [6.07, 6.45) is 1.38. The quantitative estimate of drug-likeness (QED) is 0.851. The topological polar surface area (TPSA) is 55.8 Å². The fraction of sp³-hybridized carbons (Fsp3) is 0.533. The van der Waals surface area contributed by atoms with Gasteiger partial charge in [-0.15, -0.1) is 0 Å². The largest absolute Gasteiger partial charge is 0.378 e. The predicted octanol–water partition coefficient (Wildman–Crippen LogP) is 1.20. The molecule has 2 atom stereocenters. The molecule has 1 aromatic rings. The molecule has 0 aliphatic carbocycles. The van der Waals surface area contributed by atoms with E-state index in [0.717, 1.165) is 24.5 Å². The first kappa shape index (κ1) is 13.4. The van der Waals surface area contributed by atoms with Crippen molar-refractivity contribution in [2.24, 2.45) is 0 Å². The Balaban J connectivity index is 1.81. The van der Waals surface area contributed by atoms with Crippen molar-refractivity contribution in [2.75, 3.05) is 37.4 Å². The molecule has 0 saturated carbocycles. The van der Waals surface area contributed by atoms with Crippen LogP contribution in [-0.4, -0.2) is 49.1 Å². The number of nitrogens with one attached hydrogen (secondary N) is 1. The van der Waals surface area contributed by atoms with Crippen molar-refractivity contribution >= 4 is 17.3 Å². The highest BCUT2D eigenvalue weighted by molar-refractivity contribution is 6.02. The van der Waals surface area contributed by atoms with Crippen LogP contribution >= 0.6 is 0 Å². The van der Waals surface area contributed by atoms with Gasteiger partial charge in [0.1, 0.15) is 0 Å². The molecule has 1 fully saturated rings. The van der Waals surface area contributed by atoms with Gasteiger partial charge in [0.25, 0.3) is 5.91 Å². The van der Waals surface area contributed by atoms with Crippen LogP contribution in [0.2, 0.25) is 0 Å². The fourth-order valence-electron chi connectivity index (χ4n) is 3.12. The number of likely N-dealkylation sites (N-methyl/N-ethyl adjacent to an activating group) is 2. The number of aliphatic hydroxyl groups excluding tert-OH is 1. The van der Waals surface area contributed by atoms with Gasteiger partial charge in [-0.2, -0.15) is 0 Å². The van der Waals surface area contributed by atoms with Crippen LogP contribution in [0.5, 0.6) is 0 Å². The number of carbonyl (C=O) groups excluding carboxylic acids is 1. The van der Waals surface area contributed by atoms with Crippen LogP contribution < -0.4 is 10.2 Å². The van der Waals surface area contributed by atoms with Crippen LogP contribution in [0.25, 0.3) is 0 Å². The summed E-state index contributed by atoms with van der Waals surface area (Å²) < 4.78 is 0. The molecule has 20 heavy (non-hydrogen) atoms. The normalized spacial score (nSPS) is 26.2. The summed E-state index contributed by atoms with van der Waals surface area (Å²) >= 11 is 0. The minimum atomic E-state index is -1.02. The summed E-state index contributed by atoms with van der Waals surface area (Å²) in [6.45, 7) is 2.22. The number of nitrogens with zero attached hydrogens (tertiary/aromatic N) is 2. The number of anilines is 2. The third-order valence-corrected chi connectivity index (χ3v) is 4.39. The Morgan fingerprint density at radius 2 is 2.25 bits per heavy atom. The van der Waals surface area contributed by atoms with Gasteiger partial charge in [0.15, 0.2) is 6.10 Å². The van der Waals surface area contributed by atoms with Gasteiger partial charge in [0.2, 0.25) is 0 Å². The number of aliphatic hydroxyl groups is 1. The molecule has 0 bridgehead atoms. The Morgan fingerprint density at radius 3 is 3.00 bits per heavy atom. The zero-order chi connectivity index (χ0) is 14.3. The van der Waals surface area contributed by atoms with E-state index in [1.807, 2.05) is 18.2 Å². The first-order valence-corrected chi connectivity index (χ1v) is 7.10. The van der Waals surface area contributed by atoms with Gasteiger partial charge in [-0.05, 0) is 38.6 Å². The molecule has 0 radical (unpaired) electrons. The number of hydrogen-bond acceptors (Lipinski definition) is 4. The Morgan fingerprint density at radius 1 is 1.45 bits per heavy atom. The lowest BCUT2D eigenvalue weighted by Gasteiger charge is -2.37. The van der Waals surface area contributed by atoms with Crippen LogP contribution in [0.3, 0.4) is 0 Å². The fourth-order valence-corrected chi connectivity index (χ4v) is 3.12. The molecule has 2 unspecified atom stereocenters. The summed E-state index contributed by atoms with van der Waals surface area (Å²) in [5, 5.41) is 12.5. The van der Waals surface area contributed by atoms with Gasteiger partial charge < -0.3 is 20.2 Å².